The summed E-state index contributed by atoms with van der Waals surface area (Å²) in [7, 11) is 5.06. The molecular weight excluding hydrogens is 234 g/mol. The number of amides is 1. The zero-order valence-electron chi connectivity index (χ0n) is 10.7. The maximum absolute atomic E-state index is 11.6. The second-order valence-corrected chi connectivity index (χ2v) is 4.22. The van der Waals surface area contributed by atoms with E-state index in [1.54, 1.807) is 32.1 Å². The van der Waals surface area contributed by atoms with Crippen LogP contribution in [0.5, 0.6) is 0 Å². The fourth-order valence-electron chi connectivity index (χ4n) is 1.40. The van der Waals surface area contributed by atoms with Gasteiger partial charge in [0.15, 0.2) is 0 Å². The number of anilines is 2. The van der Waals surface area contributed by atoms with Crippen molar-refractivity contribution >= 4 is 23.3 Å². The average Bonchev–Trinajstić information content (AvgIpc) is 2.28. The number of hydrogen-bond donors (Lipinski definition) is 2. The summed E-state index contributed by atoms with van der Waals surface area (Å²) in [6.45, 7) is 0.177. The van der Waals surface area contributed by atoms with Gasteiger partial charge in [-0.2, -0.15) is 0 Å². The molecule has 98 valence electrons. The molecule has 0 unspecified atom stereocenters. The van der Waals surface area contributed by atoms with E-state index in [9.17, 15) is 9.59 Å². The van der Waals surface area contributed by atoms with Gasteiger partial charge in [-0.25, -0.2) is 4.79 Å². The molecule has 0 saturated carbocycles. The van der Waals surface area contributed by atoms with Crippen molar-refractivity contribution in [1.29, 1.82) is 0 Å². The Morgan fingerprint density at radius 1 is 1.28 bits per heavy atom. The van der Waals surface area contributed by atoms with Crippen LogP contribution >= 0.6 is 0 Å². The lowest BCUT2D eigenvalue weighted by Gasteiger charge is -2.21. The van der Waals surface area contributed by atoms with Gasteiger partial charge in [-0.05, 0) is 18.2 Å². The monoisotopic (exact) mass is 251 g/mol. The van der Waals surface area contributed by atoms with Crippen molar-refractivity contribution in [1.82, 2.24) is 4.90 Å². The highest BCUT2D eigenvalue weighted by atomic mass is 16.4. The van der Waals surface area contributed by atoms with Crippen LogP contribution in [0, 0.1) is 0 Å². The molecule has 0 aliphatic carbocycles. The van der Waals surface area contributed by atoms with Crippen LogP contribution in [0.3, 0.4) is 0 Å². The number of carbonyl (C=O) groups is 2. The lowest BCUT2D eigenvalue weighted by atomic mass is 10.1. The maximum atomic E-state index is 11.6. The van der Waals surface area contributed by atoms with Crippen molar-refractivity contribution in [2.45, 2.75) is 0 Å². The van der Waals surface area contributed by atoms with Crippen molar-refractivity contribution in [2.24, 2.45) is 0 Å². The van der Waals surface area contributed by atoms with E-state index < -0.39 is 5.97 Å². The van der Waals surface area contributed by atoms with E-state index in [-0.39, 0.29) is 23.7 Å². The quantitative estimate of drug-likeness (QED) is 0.760. The molecular formula is C12H17N3O3. The van der Waals surface area contributed by atoms with Crippen molar-refractivity contribution in [3.63, 3.8) is 0 Å². The highest BCUT2D eigenvalue weighted by Gasteiger charge is 2.13. The molecule has 0 aliphatic rings. The highest BCUT2D eigenvalue weighted by Crippen LogP contribution is 2.20. The Morgan fingerprint density at radius 3 is 2.39 bits per heavy atom. The van der Waals surface area contributed by atoms with Crippen LogP contribution in [0.1, 0.15) is 10.4 Å². The Labute approximate surface area is 106 Å². The first-order valence-electron chi connectivity index (χ1n) is 5.37. The van der Waals surface area contributed by atoms with Crippen molar-refractivity contribution in [3.05, 3.63) is 23.8 Å². The van der Waals surface area contributed by atoms with Crippen molar-refractivity contribution < 1.29 is 14.7 Å². The number of nitrogens with zero attached hydrogens (tertiary/aromatic N) is 2. The third-order valence-corrected chi connectivity index (χ3v) is 2.58. The lowest BCUT2D eigenvalue weighted by molar-refractivity contribution is -0.127. The number of nitrogens with two attached hydrogens (primary N) is 1. The Hall–Kier alpha value is -2.24. The number of nitrogen functional groups attached to an aromatic ring is 1. The first kappa shape index (κ1) is 13.8. The Bertz CT molecular complexity index is 472. The zero-order chi connectivity index (χ0) is 13.9. The number of aromatic carboxylic acids is 1. The molecule has 6 nitrogen and oxygen atoms in total. The summed E-state index contributed by atoms with van der Waals surface area (Å²) in [5, 5.41) is 8.97. The SMILES string of the molecule is CN(C)C(=O)CN(C)c1ccc(N)c(C(=O)O)c1. The first-order valence-corrected chi connectivity index (χ1v) is 5.37. The Morgan fingerprint density at radius 2 is 1.89 bits per heavy atom. The number of likely N-dealkylation sites (N-methyl/N-ethyl adjacent to an activating group) is 2. The molecule has 0 fully saturated rings. The van der Waals surface area contributed by atoms with Crippen molar-refractivity contribution in [3.8, 4) is 0 Å². The minimum Gasteiger partial charge on any atom is -0.478 e. The number of hydrogen-bond acceptors (Lipinski definition) is 4. The summed E-state index contributed by atoms with van der Waals surface area (Å²) in [4.78, 5) is 25.7. The summed E-state index contributed by atoms with van der Waals surface area (Å²) < 4.78 is 0. The molecule has 0 atom stereocenters. The lowest BCUT2D eigenvalue weighted by Crippen LogP contribution is -2.34. The minimum atomic E-state index is -1.08. The van der Waals surface area contributed by atoms with Gasteiger partial charge in [-0.15, -0.1) is 0 Å². The number of carboxylic acid groups (broad SMARTS) is 1. The molecule has 18 heavy (non-hydrogen) atoms. The summed E-state index contributed by atoms with van der Waals surface area (Å²) in [6.07, 6.45) is 0. The molecule has 0 aromatic heterocycles. The minimum absolute atomic E-state index is 0.0386. The predicted octanol–water partition coefficient (Wildman–Crippen LogP) is 0.491. The fraction of sp³-hybridized carbons (Fsp3) is 0.333. The maximum Gasteiger partial charge on any atom is 0.337 e. The van der Waals surface area contributed by atoms with Gasteiger partial charge in [0.1, 0.15) is 0 Å². The summed E-state index contributed by atoms with van der Waals surface area (Å²) in [5.41, 5.74) is 6.45. The third kappa shape index (κ3) is 3.13. The van der Waals surface area contributed by atoms with Crippen LogP contribution in [0.15, 0.2) is 18.2 Å². The molecule has 3 N–H and O–H groups in total. The van der Waals surface area contributed by atoms with E-state index >= 15 is 0 Å². The van der Waals surface area contributed by atoms with Crippen LogP contribution in [0.2, 0.25) is 0 Å². The van der Waals surface area contributed by atoms with Gasteiger partial charge in [-0.3, -0.25) is 4.79 Å². The molecule has 1 amide bonds. The summed E-state index contributed by atoms with van der Waals surface area (Å²) in [5.74, 6) is -1.15. The molecule has 6 heteroatoms. The van der Waals surface area contributed by atoms with Gasteiger partial charge in [0, 0.05) is 32.5 Å². The molecule has 0 aliphatic heterocycles. The van der Waals surface area contributed by atoms with E-state index in [2.05, 4.69) is 0 Å². The largest absolute Gasteiger partial charge is 0.478 e. The topological polar surface area (TPSA) is 86.9 Å². The van der Waals surface area contributed by atoms with Crippen LogP contribution in [0.4, 0.5) is 11.4 Å². The molecule has 0 bridgehead atoms. The van der Waals surface area contributed by atoms with E-state index in [4.69, 9.17) is 10.8 Å². The number of rotatable bonds is 4. The summed E-state index contributed by atoms with van der Waals surface area (Å²) in [6, 6.07) is 4.67. The first-order chi connectivity index (χ1) is 8.32. The Balaban J connectivity index is 2.93. The molecule has 1 aromatic carbocycles. The van der Waals surface area contributed by atoms with Crippen LogP contribution in [0.25, 0.3) is 0 Å². The second kappa shape index (κ2) is 5.39. The molecule has 0 radical (unpaired) electrons. The standard InChI is InChI=1S/C12H17N3O3/c1-14(2)11(16)7-15(3)8-4-5-10(13)9(6-8)12(17)18/h4-6H,7,13H2,1-3H3,(H,17,18). The van der Waals surface area contributed by atoms with E-state index in [0.29, 0.717) is 5.69 Å². The van der Waals surface area contributed by atoms with Gasteiger partial charge in [0.05, 0.1) is 12.1 Å². The summed E-state index contributed by atoms with van der Waals surface area (Å²) >= 11 is 0. The van der Waals surface area contributed by atoms with Gasteiger partial charge in [-0.1, -0.05) is 0 Å². The number of carbonyl (C=O) groups excluding carboxylic acids is 1. The van der Waals surface area contributed by atoms with Gasteiger partial charge < -0.3 is 20.6 Å². The van der Waals surface area contributed by atoms with Gasteiger partial charge in [0.25, 0.3) is 0 Å². The van der Waals surface area contributed by atoms with Crippen LogP contribution < -0.4 is 10.6 Å². The molecule has 1 aromatic rings. The predicted molar refractivity (Wildman–Crippen MR) is 69.8 cm³/mol. The molecule has 0 heterocycles. The highest BCUT2D eigenvalue weighted by molar-refractivity contribution is 5.95. The average molecular weight is 251 g/mol. The number of carboxylic acids is 1. The smallest absolute Gasteiger partial charge is 0.337 e. The fourth-order valence-corrected chi connectivity index (χ4v) is 1.40. The molecule has 1 rings (SSSR count). The molecule has 0 spiro atoms. The van der Waals surface area contributed by atoms with Gasteiger partial charge in [0.2, 0.25) is 5.91 Å². The van der Waals surface area contributed by atoms with Gasteiger partial charge >= 0.3 is 5.97 Å². The zero-order valence-corrected chi connectivity index (χ0v) is 10.7. The number of benzene rings is 1. The van der Waals surface area contributed by atoms with E-state index in [0.717, 1.165) is 0 Å². The van der Waals surface area contributed by atoms with E-state index in [1.807, 2.05) is 0 Å². The normalized spacial score (nSPS) is 9.94. The third-order valence-electron chi connectivity index (χ3n) is 2.58. The van der Waals surface area contributed by atoms with Crippen LogP contribution in [-0.4, -0.2) is 49.6 Å². The molecule has 0 saturated heterocycles. The van der Waals surface area contributed by atoms with Crippen molar-refractivity contribution in [2.75, 3.05) is 38.3 Å². The van der Waals surface area contributed by atoms with Crippen LogP contribution in [-0.2, 0) is 4.79 Å². The Kier molecular flexibility index (Phi) is 4.14. The van der Waals surface area contributed by atoms with E-state index in [1.165, 1.54) is 17.0 Å². The second-order valence-electron chi connectivity index (χ2n) is 4.22.